The van der Waals surface area contributed by atoms with Crippen molar-refractivity contribution in [1.82, 2.24) is 4.90 Å². The fourth-order valence-corrected chi connectivity index (χ4v) is 4.93. The van der Waals surface area contributed by atoms with Crippen molar-refractivity contribution in [2.75, 3.05) is 7.05 Å². The fourth-order valence-electron chi connectivity index (χ4n) is 4.93. The Morgan fingerprint density at radius 2 is 1.68 bits per heavy atom. The third-order valence-electron chi connectivity index (χ3n) is 6.45. The first kappa shape index (κ1) is 20.2. The van der Waals surface area contributed by atoms with E-state index in [1.807, 2.05) is 19.9 Å². The fraction of sp³-hybridized carbons (Fsp3) is 0.696. The van der Waals surface area contributed by atoms with Crippen LogP contribution < -0.4 is 0 Å². The van der Waals surface area contributed by atoms with E-state index in [-0.39, 0.29) is 5.41 Å². The van der Waals surface area contributed by atoms with Gasteiger partial charge in [0.05, 0.1) is 5.41 Å². The number of carbonyl (C=O) groups excluding carboxylic acids is 1. The van der Waals surface area contributed by atoms with Crippen LogP contribution in [0.4, 0.5) is 0 Å². The number of benzene rings is 1. The molecule has 2 nitrogen and oxygen atoms in total. The Bertz CT molecular complexity index is 526. The van der Waals surface area contributed by atoms with Crippen LogP contribution in [0.1, 0.15) is 78.2 Å². The third kappa shape index (κ3) is 4.34. The summed E-state index contributed by atoms with van der Waals surface area (Å²) in [6.07, 6.45) is 7.87. The van der Waals surface area contributed by atoms with Gasteiger partial charge in [0, 0.05) is 18.5 Å². The second-order valence-corrected chi connectivity index (χ2v) is 7.96. The van der Waals surface area contributed by atoms with Gasteiger partial charge in [0.15, 0.2) is 0 Å². The summed E-state index contributed by atoms with van der Waals surface area (Å²) >= 11 is 0. The van der Waals surface area contributed by atoms with Crippen molar-refractivity contribution < 1.29 is 4.79 Å². The molecular formula is C23H37NO. The van der Waals surface area contributed by atoms with Crippen molar-refractivity contribution in [3.8, 4) is 0 Å². The van der Waals surface area contributed by atoms with Gasteiger partial charge in [0.2, 0.25) is 0 Å². The molecule has 2 aliphatic heterocycles. The van der Waals surface area contributed by atoms with Crippen LogP contribution in [0.2, 0.25) is 0 Å². The van der Waals surface area contributed by atoms with Gasteiger partial charge in [0.1, 0.15) is 5.78 Å². The van der Waals surface area contributed by atoms with Gasteiger partial charge in [-0.15, -0.1) is 0 Å². The van der Waals surface area contributed by atoms with E-state index in [4.69, 9.17) is 0 Å². The van der Waals surface area contributed by atoms with Crippen molar-refractivity contribution in [3.05, 3.63) is 35.9 Å². The van der Waals surface area contributed by atoms with E-state index in [0.29, 0.717) is 11.7 Å². The predicted octanol–water partition coefficient (Wildman–Crippen LogP) is 5.60. The van der Waals surface area contributed by atoms with Gasteiger partial charge in [0.25, 0.3) is 0 Å². The molecule has 2 heteroatoms. The molecule has 0 aromatic heterocycles. The average Bonchev–Trinajstić information content (AvgIpc) is 2.85. The first-order chi connectivity index (χ1) is 12.0. The summed E-state index contributed by atoms with van der Waals surface area (Å²) in [5.41, 5.74) is 0.890. The zero-order chi connectivity index (χ0) is 18.4. The number of fused-ring (bicyclic) bond motifs is 2. The molecule has 25 heavy (non-hydrogen) atoms. The van der Waals surface area contributed by atoms with Gasteiger partial charge in [-0.3, -0.25) is 4.79 Å². The lowest BCUT2D eigenvalue weighted by Crippen LogP contribution is -2.42. The summed E-state index contributed by atoms with van der Waals surface area (Å²) in [6, 6.07) is 11.9. The molecule has 3 unspecified atom stereocenters. The van der Waals surface area contributed by atoms with Crippen molar-refractivity contribution >= 4 is 5.78 Å². The van der Waals surface area contributed by atoms with Crippen LogP contribution in [0.3, 0.4) is 0 Å². The Labute approximate surface area is 155 Å². The summed E-state index contributed by atoms with van der Waals surface area (Å²) < 4.78 is 0. The molecule has 0 amide bonds. The highest BCUT2D eigenvalue weighted by Gasteiger charge is 2.41. The topological polar surface area (TPSA) is 20.3 Å². The molecule has 2 bridgehead atoms. The monoisotopic (exact) mass is 343 g/mol. The standard InChI is InChI=1S/C21H31NO.C2H6/c1-4-12-21(2,17-8-6-5-7-9-17)20(23)15-16-13-18-10-11-19(14-16)22(18)3;1-2/h5-9,16,18-19H,4,10-15H2,1-3H3;1-2H3. The number of ketones is 1. The highest BCUT2D eigenvalue weighted by molar-refractivity contribution is 5.89. The van der Waals surface area contributed by atoms with E-state index in [1.54, 1.807) is 0 Å². The lowest BCUT2D eigenvalue weighted by Gasteiger charge is -2.38. The van der Waals surface area contributed by atoms with E-state index >= 15 is 0 Å². The molecule has 0 spiro atoms. The molecule has 0 N–H and O–H groups in total. The minimum Gasteiger partial charge on any atom is -0.300 e. The zero-order valence-corrected chi connectivity index (χ0v) is 16.9. The van der Waals surface area contributed by atoms with Crippen molar-refractivity contribution in [3.63, 3.8) is 0 Å². The minimum atomic E-state index is -0.307. The number of carbonyl (C=O) groups is 1. The van der Waals surface area contributed by atoms with Crippen LogP contribution in [0.5, 0.6) is 0 Å². The number of rotatable bonds is 6. The van der Waals surface area contributed by atoms with Crippen LogP contribution in [0.25, 0.3) is 0 Å². The summed E-state index contributed by atoms with van der Waals surface area (Å²) in [7, 11) is 2.27. The molecule has 0 saturated carbocycles. The van der Waals surface area contributed by atoms with Crippen LogP contribution in [-0.4, -0.2) is 29.8 Å². The quantitative estimate of drug-likeness (QED) is 0.670. The van der Waals surface area contributed by atoms with Crippen LogP contribution in [0, 0.1) is 5.92 Å². The maximum atomic E-state index is 13.2. The molecule has 2 aliphatic rings. The van der Waals surface area contributed by atoms with Gasteiger partial charge in [-0.2, -0.15) is 0 Å². The van der Waals surface area contributed by atoms with E-state index in [9.17, 15) is 4.79 Å². The van der Waals surface area contributed by atoms with Gasteiger partial charge < -0.3 is 4.90 Å². The lowest BCUT2D eigenvalue weighted by molar-refractivity contribution is -0.125. The molecule has 1 aromatic rings. The molecule has 0 radical (unpaired) electrons. The van der Waals surface area contributed by atoms with Crippen molar-refractivity contribution in [2.45, 2.75) is 90.1 Å². The van der Waals surface area contributed by atoms with Crippen molar-refractivity contribution in [1.29, 1.82) is 0 Å². The average molecular weight is 344 g/mol. The second-order valence-electron chi connectivity index (χ2n) is 7.96. The molecule has 2 fully saturated rings. The number of hydrogen-bond acceptors (Lipinski definition) is 2. The van der Waals surface area contributed by atoms with E-state index in [1.165, 1.54) is 31.2 Å². The second kappa shape index (κ2) is 8.98. The largest absolute Gasteiger partial charge is 0.300 e. The smallest absolute Gasteiger partial charge is 0.143 e. The van der Waals surface area contributed by atoms with Gasteiger partial charge in [-0.05, 0) is 57.6 Å². The molecule has 1 aromatic carbocycles. The Balaban J connectivity index is 0.00000109. The van der Waals surface area contributed by atoms with E-state index < -0.39 is 0 Å². The molecule has 2 saturated heterocycles. The summed E-state index contributed by atoms with van der Waals surface area (Å²) in [5, 5.41) is 0. The van der Waals surface area contributed by atoms with Crippen molar-refractivity contribution in [2.24, 2.45) is 5.92 Å². The highest BCUT2D eigenvalue weighted by Crippen LogP contribution is 2.41. The maximum absolute atomic E-state index is 13.2. The van der Waals surface area contributed by atoms with Crippen LogP contribution in [-0.2, 0) is 10.2 Å². The number of nitrogens with zero attached hydrogens (tertiary/aromatic N) is 1. The maximum Gasteiger partial charge on any atom is 0.143 e. The Kier molecular flexibility index (Phi) is 7.25. The molecule has 0 aliphatic carbocycles. The van der Waals surface area contributed by atoms with E-state index in [0.717, 1.165) is 31.3 Å². The first-order valence-corrected chi connectivity index (χ1v) is 10.4. The molecule has 140 valence electrons. The number of Topliss-reactive ketones (excluding diaryl/α,β-unsaturated/α-hetero) is 1. The first-order valence-electron chi connectivity index (χ1n) is 10.4. The van der Waals surface area contributed by atoms with Crippen LogP contribution >= 0.6 is 0 Å². The van der Waals surface area contributed by atoms with Gasteiger partial charge in [-0.1, -0.05) is 57.5 Å². The van der Waals surface area contributed by atoms with E-state index in [2.05, 4.69) is 50.1 Å². The molecule has 2 heterocycles. The summed E-state index contributed by atoms with van der Waals surface area (Å²) in [6.45, 7) is 8.35. The highest BCUT2D eigenvalue weighted by atomic mass is 16.1. The predicted molar refractivity (Wildman–Crippen MR) is 107 cm³/mol. The number of piperidine rings is 1. The zero-order valence-electron chi connectivity index (χ0n) is 16.9. The number of hydrogen-bond donors (Lipinski definition) is 0. The van der Waals surface area contributed by atoms with Gasteiger partial charge >= 0.3 is 0 Å². The Hall–Kier alpha value is -1.15. The summed E-state index contributed by atoms with van der Waals surface area (Å²) in [4.78, 5) is 15.8. The molecule has 3 rings (SSSR count). The Morgan fingerprint density at radius 3 is 2.20 bits per heavy atom. The normalized spacial score (nSPS) is 28.0. The minimum absolute atomic E-state index is 0.307. The van der Waals surface area contributed by atoms with Crippen LogP contribution in [0.15, 0.2) is 30.3 Å². The lowest BCUT2D eigenvalue weighted by atomic mass is 9.71. The Morgan fingerprint density at radius 1 is 1.12 bits per heavy atom. The molecular weight excluding hydrogens is 306 g/mol. The SMILES string of the molecule is CC.CCCC(C)(C(=O)CC1CC2CCC(C1)N2C)c1ccccc1. The summed E-state index contributed by atoms with van der Waals surface area (Å²) in [5.74, 6) is 1.05. The molecule has 3 atom stereocenters. The van der Waals surface area contributed by atoms with Gasteiger partial charge in [-0.25, -0.2) is 0 Å². The third-order valence-corrected chi connectivity index (χ3v) is 6.45.